The molecule has 2 nitrogen and oxygen atoms in total. The second kappa shape index (κ2) is 5.00. The second-order valence-electron chi connectivity index (χ2n) is 5.77. The Morgan fingerprint density at radius 3 is 2.29 bits per heavy atom. The molecule has 17 heavy (non-hydrogen) atoms. The molecular weight excluding hydrogens is 347 g/mol. The predicted octanol–water partition coefficient (Wildman–Crippen LogP) is 4.69. The van der Waals surface area contributed by atoms with E-state index < -0.39 is 0 Å². The highest BCUT2D eigenvalue weighted by Crippen LogP contribution is 2.37. The van der Waals surface area contributed by atoms with Gasteiger partial charge in [0, 0.05) is 11.3 Å². The van der Waals surface area contributed by atoms with Gasteiger partial charge in [0.15, 0.2) is 0 Å². The van der Waals surface area contributed by atoms with Crippen LogP contribution in [0.25, 0.3) is 0 Å². The van der Waals surface area contributed by atoms with Crippen molar-refractivity contribution in [3.63, 3.8) is 0 Å². The van der Waals surface area contributed by atoms with E-state index >= 15 is 0 Å². The third kappa shape index (κ3) is 2.92. The molecule has 0 aliphatic heterocycles. The fourth-order valence-electron chi connectivity index (χ4n) is 2.24. The van der Waals surface area contributed by atoms with E-state index in [0.717, 1.165) is 9.39 Å². The monoisotopic (exact) mass is 364 g/mol. The molecule has 0 radical (unpaired) electrons. The zero-order valence-electron chi connectivity index (χ0n) is 10.6. The van der Waals surface area contributed by atoms with Gasteiger partial charge >= 0.3 is 0 Å². The summed E-state index contributed by atoms with van der Waals surface area (Å²) in [6, 6.07) is 0. The molecule has 0 amide bonds. The van der Waals surface area contributed by atoms with Crippen molar-refractivity contribution < 1.29 is 0 Å². The number of nitrogens with zero attached hydrogens (tertiary/aromatic N) is 2. The van der Waals surface area contributed by atoms with Crippen molar-refractivity contribution in [1.29, 1.82) is 0 Å². The number of hydrogen-bond acceptors (Lipinski definition) is 2. The summed E-state index contributed by atoms with van der Waals surface area (Å²) in [5, 5.41) is 0.618. The van der Waals surface area contributed by atoms with E-state index in [9.17, 15) is 0 Å². The Morgan fingerprint density at radius 2 is 1.76 bits per heavy atom. The van der Waals surface area contributed by atoms with E-state index in [1.165, 1.54) is 31.4 Å². The minimum Gasteiger partial charge on any atom is -0.236 e. The van der Waals surface area contributed by atoms with Crippen molar-refractivity contribution in [1.82, 2.24) is 9.97 Å². The van der Waals surface area contributed by atoms with Gasteiger partial charge in [0.05, 0.1) is 9.26 Å². The lowest BCUT2D eigenvalue weighted by atomic mass is 9.95. The average Bonchev–Trinajstić information content (AvgIpc) is 2.73. The standard InChI is InChI=1S/C13H18ClIN2/c1-13(2,3)12-16-10(8-6-4-5-7-8)9(15)11(14)17-12/h8H,4-7H2,1-3H3. The van der Waals surface area contributed by atoms with Gasteiger partial charge in [-0.25, -0.2) is 9.97 Å². The van der Waals surface area contributed by atoms with Crippen molar-refractivity contribution in [3.8, 4) is 0 Å². The summed E-state index contributed by atoms with van der Waals surface area (Å²) in [5.74, 6) is 1.45. The Bertz CT molecular complexity index is 420. The molecule has 1 aromatic heterocycles. The van der Waals surface area contributed by atoms with Crippen molar-refractivity contribution in [2.24, 2.45) is 0 Å². The largest absolute Gasteiger partial charge is 0.236 e. The molecule has 0 spiro atoms. The SMILES string of the molecule is CC(C)(C)c1nc(Cl)c(I)c(C2CCCC2)n1. The van der Waals surface area contributed by atoms with Crippen molar-refractivity contribution in [2.75, 3.05) is 0 Å². The van der Waals surface area contributed by atoms with Crippen LogP contribution in [0.4, 0.5) is 0 Å². The molecule has 94 valence electrons. The van der Waals surface area contributed by atoms with Gasteiger partial charge in [0.25, 0.3) is 0 Å². The Morgan fingerprint density at radius 1 is 1.18 bits per heavy atom. The molecule has 0 bridgehead atoms. The first-order chi connectivity index (χ1) is 7.89. The third-order valence-electron chi connectivity index (χ3n) is 3.25. The molecule has 0 unspecified atom stereocenters. The Hall–Kier alpha value is 0.1000. The quantitative estimate of drug-likeness (QED) is 0.534. The molecule has 1 aliphatic rings. The number of rotatable bonds is 1. The van der Waals surface area contributed by atoms with Crippen LogP contribution in [0, 0.1) is 3.57 Å². The summed E-state index contributed by atoms with van der Waals surface area (Å²) in [6.07, 6.45) is 5.11. The van der Waals surface area contributed by atoms with Gasteiger partial charge in [-0.15, -0.1) is 0 Å². The highest BCUT2D eigenvalue weighted by molar-refractivity contribution is 14.1. The number of aromatic nitrogens is 2. The molecule has 1 heterocycles. The lowest BCUT2D eigenvalue weighted by Crippen LogP contribution is -2.19. The molecule has 1 aromatic rings. The molecule has 0 atom stereocenters. The summed E-state index contributed by atoms with van der Waals surface area (Å²) in [4.78, 5) is 9.21. The van der Waals surface area contributed by atoms with E-state index in [4.69, 9.17) is 16.6 Å². The van der Waals surface area contributed by atoms with Crippen LogP contribution in [0.2, 0.25) is 5.15 Å². The van der Waals surface area contributed by atoms with E-state index in [-0.39, 0.29) is 5.41 Å². The maximum atomic E-state index is 6.24. The van der Waals surface area contributed by atoms with Crippen LogP contribution in [-0.2, 0) is 5.41 Å². The highest BCUT2D eigenvalue weighted by Gasteiger charge is 2.26. The summed E-state index contributed by atoms with van der Waals surface area (Å²) in [7, 11) is 0. The average molecular weight is 365 g/mol. The molecule has 0 saturated heterocycles. The van der Waals surface area contributed by atoms with Crippen LogP contribution >= 0.6 is 34.2 Å². The minimum absolute atomic E-state index is 0.0403. The Balaban J connectivity index is 2.46. The van der Waals surface area contributed by atoms with Gasteiger partial charge in [-0.1, -0.05) is 45.2 Å². The lowest BCUT2D eigenvalue weighted by Gasteiger charge is -2.20. The first-order valence-electron chi connectivity index (χ1n) is 6.13. The molecule has 2 rings (SSSR count). The third-order valence-corrected chi connectivity index (χ3v) is 4.90. The van der Waals surface area contributed by atoms with Crippen molar-refractivity contribution >= 4 is 34.2 Å². The van der Waals surface area contributed by atoms with Crippen molar-refractivity contribution in [3.05, 3.63) is 20.2 Å². The number of hydrogen-bond donors (Lipinski definition) is 0. The molecular formula is C13H18ClIN2. The zero-order chi connectivity index (χ0) is 12.6. The van der Waals surface area contributed by atoms with Crippen LogP contribution in [0.15, 0.2) is 0 Å². The first-order valence-corrected chi connectivity index (χ1v) is 7.58. The normalized spacial score (nSPS) is 17.7. The fraction of sp³-hybridized carbons (Fsp3) is 0.692. The summed E-state index contributed by atoms with van der Waals surface area (Å²) in [6.45, 7) is 6.39. The fourth-order valence-corrected chi connectivity index (χ4v) is 3.10. The molecule has 1 aliphatic carbocycles. The molecule has 0 aromatic carbocycles. The predicted molar refractivity (Wildman–Crippen MR) is 79.7 cm³/mol. The van der Waals surface area contributed by atoms with E-state index in [1.807, 2.05) is 0 Å². The molecule has 1 fully saturated rings. The first kappa shape index (κ1) is 13.5. The van der Waals surface area contributed by atoms with Crippen molar-refractivity contribution in [2.45, 2.75) is 57.8 Å². The summed E-state index contributed by atoms with van der Waals surface area (Å²) in [5.41, 5.74) is 1.13. The minimum atomic E-state index is -0.0403. The van der Waals surface area contributed by atoms with E-state index in [1.54, 1.807) is 0 Å². The molecule has 1 saturated carbocycles. The van der Waals surface area contributed by atoms with Gasteiger partial charge < -0.3 is 0 Å². The maximum Gasteiger partial charge on any atom is 0.146 e. The second-order valence-corrected chi connectivity index (χ2v) is 7.21. The summed E-state index contributed by atoms with van der Waals surface area (Å²) < 4.78 is 1.05. The number of halogens is 2. The highest BCUT2D eigenvalue weighted by atomic mass is 127. The van der Waals surface area contributed by atoms with Gasteiger partial charge in [0.1, 0.15) is 11.0 Å². The Labute approximate surface area is 122 Å². The zero-order valence-corrected chi connectivity index (χ0v) is 13.5. The maximum absolute atomic E-state index is 6.24. The topological polar surface area (TPSA) is 25.8 Å². The van der Waals surface area contributed by atoms with Crippen LogP contribution in [0.5, 0.6) is 0 Å². The Kier molecular flexibility index (Phi) is 3.98. The van der Waals surface area contributed by atoms with Gasteiger partial charge in [0.2, 0.25) is 0 Å². The van der Waals surface area contributed by atoms with Crippen LogP contribution in [0.1, 0.15) is 63.9 Å². The van der Waals surface area contributed by atoms with E-state index in [0.29, 0.717) is 11.1 Å². The van der Waals surface area contributed by atoms with Gasteiger partial charge in [-0.3, -0.25) is 0 Å². The smallest absolute Gasteiger partial charge is 0.146 e. The van der Waals surface area contributed by atoms with Crippen LogP contribution in [-0.4, -0.2) is 9.97 Å². The molecule has 0 N–H and O–H groups in total. The lowest BCUT2D eigenvalue weighted by molar-refractivity contribution is 0.533. The van der Waals surface area contributed by atoms with Gasteiger partial charge in [-0.2, -0.15) is 0 Å². The molecule has 4 heteroatoms. The van der Waals surface area contributed by atoms with Crippen LogP contribution < -0.4 is 0 Å². The van der Waals surface area contributed by atoms with E-state index in [2.05, 4.69) is 48.3 Å². The van der Waals surface area contributed by atoms with Gasteiger partial charge in [-0.05, 0) is 35.4 Å². The van der Waals surface area contributed by atoms with Crippen LogP contribution in [0.3, 0.4) is 0 Å². The summed E-state index contributed by atoms with van der Waals surface area (Å²) >= 11 is 8.53.